The van der Waals surface area contributed by atoms with Gasteiger partial charge in [0.1, 0.15) is 0 Å². The molecule has 1 unspecified atom stereocenters. The van der Waals surface area contributed by atoms with Gasteiger partial charge in [-0.25, -0.2) is 0 Å². The predicted octanol–water partition coefficient (Wildman–Crippen LogP) is 3.51. The van der Waals surface area contributed by atoms with Gasteiger partial charge in [-0.05, 0) is 36.6 Å². The highest BCUT2D eigenvalue weighted by Gasteiger charge is 2.18. The molecule has 21 heavy (non-hydrogen) atoms. The summed E-state index contributed by atoms with van der Waals surface area (Å²) >= 11 is 3.46. The van der Waals surface area contributed by atoms with Crippen molar-refractivity contribution in [2.24, 2.45) is 5.84 Å². The van der Waals surface area contributed by atoms with Gasteiger partial charge in [-0.15, -0.1) is 0 Å². The number of rotatable bonds is 5. The summed E-state index contributed by atoms with van der Waals surface area (Å²) in [6, 6.07) is 11.0. The fourth-order valence-electron chi connectivity index (χ4n) is 3.04. The van der Waals surface area contributed by atoms with Crippen molar-refractivity contribution in [2.75, 3.05) is 0 Å². The van der Waals surface area contributed by atoms with Crippen LogP contribution in [0.5, 0.6) is 0 Å². The van der Waals surface area contributed by atoms with Gasteiger partial charge >= 0.3 is 0 Å². The second-order valence-electron chi connectivity index (χ2n) is 5.70. The Morgan fingerprint density at radius 1 is 1.24 bits per heavy atom. The Hall–Kier alpha value is -1.17. The van der Waals surface area contributed by atoms with Crippen LogP contribution in [-0.2, 0) is 6.42 Å². The highest BCUT2D eigenvalue weighted by molar-refractivity contribution is 9.10. The van der Waals surface area contributed by atoms with Crippen LogP contribution in [0, 0.1) is 0 Å². The van der Waals surface area contributed by atoms with Gasteiger partial charge in [0, 0.05) is 17.1 Å². The van der Waals surface area contributed by atoms with E-state index < -0.39 is 0 Å². The lowest BCUT2D eigenvalue weighted by Gasteiger charge is -2.15. The maximum absolute atomic E-state index is 5.72. The Morgan fingerprint density at radius 3 is 2.62 bits per heavy atom. The third-order valence-corrected chi connectivity index (χ3v) is 4.78. The van der Waals surface area contributed by atoms with E-state index in [4.69, 9.17) is 10.9 Å². The molecule has 1 fully saturated rings. The zero-order valence-electron chi connectivity index (χ0n) is 12.0. The van der Waals surface area contributed by atoms with Crippen LogP contribution in [0.4, 0.5) is 0 Å². The van der Waals surface area contributed by atoms with Crippen LogP contribution in [0.2, 0.25) is 0 Å². The van der Waals surface area contributed by atoms with Crippen molar-refractivity contribution in [3.63, 3.8) is 0 Å². The van der Waals surface area contributed by atoms with E-state index in [1.165, 1.54) is 31.2 Å². The summed E-state index contributed by atoms with van der Waals surface area (Å²) in [7, 11) is 0. The minimum absolute atomic E-state index is 0.0880. The number of nitrogens with two attached hydrogens (primary N) is 1. The molecule has 0 radical (unpaired) electrons. The standard InChI is InChI=1S/C16H21BrN4/c17-13-7-5-12(6-8-13)16(19-18)11-14-9-10-21(20-14)15-3-1-2-4-15/h5-10,15-16,19H,1-4,11,18H2. The van der Waals surface area contributed by atoms with Crippen LogP contribution in [-0.4, -0.2) is 9.78 Å². The fourth-order valence-corrected chi connectivity index (χ4v) is 3.30. The number of hydrazine groups is 1. The van der Waals surface area contributed by atoms with Crippen molar-refractivity contribution in [2.45, 2.75) is 44.2 Å². The first kappa shape index (κ1) is 14.8. The molecular formula is C16H21BrN4. The van der Waals surface area contributed by atoms with Crippen molar-refractivity contribution in [3.8, 4) is 0 Å². The molecule has 0 amide bonds. The van der Waals surface area contributed by atoms with Crippen LogP contribution in [0.15, 0.2) is 41.0 Å². The molecule has 112 valence electrons. The zero-order valence-corrected chi connectivity index (χ0v) is 13.6. The molecule has 0 bridgehead atoms. The Labute approximate surface area is 133 Å². The predicted molar refractivity (Wildman–Crippen MR) is 87.6 cm³/mol. The van der Waals surface area contributed by atoms with Crippen LogP contribution in [0.1, 0.15) is 49.0 Å². The highest BCUT2D eigenvalue weighted by atomic mass is 79.9. The molecule has 1 aromatic carbocycles. The Balaban J connectivity index is 1.70. The number of hydrogen-bond acceptors (Lipinski definition) is 3. The fraction of sp³-hybridized carbons (Fsp3) is 0.438. The molecule has 0 aliphatic heterocycles. The summed E-state index contributed by atoms with van der Waals surface area (Å²) in [5.74, 6) is 5.72. The zero-order chi connectivity index (χ0) is 14.7. The van der Waals surface area contributed by atoms with E-state index in [0.29, 0.717) is 6.04 Å². The van der Waals surface area contributed by atoms with Crippen molar-refractivity contribution in [1.82, 2.24) is 15.2 Å². The van der Waals surface area contributed by atoms with E-state index in [9.17, 15) is 0 Å². The average Bonchev–Trinajstić information content (AvgIpc) is 3.17. The molecule has 1 aromatic heterocycles. The minimum atomic E-state index is 0.0880. The quantitative estimate of drug-likeness (QED) is 0.642. The molecule has 3 rings (SSSR count). The molecule has 2 aromatic rings. The molecule has 3 N–H and O–H groups in total. The van der Waals surface area contributed by atoms with E-state index in [-0.39, 0.29) is 6.04 Å². The van der Waals surface area contributed by atoms with Gasteiger partial charge in [0.15, 0.2) is 0 Å². The van der Waals surface area contributed by atoms with Crippen molar-refractivity contribution in [1.29, 1.82) is 0 Å². The number of aromatic nitrogens is 2. The van der Waals surface area contributed by atoms with E-state index in [1.54, 1.807) is 0 Å². The second kappa shape index (κ2) is 6.73. The average molecular weight is 349 g/mol. The lowest BCUT2D eigenvalue weighted by molar-refractivity contribution is 0.457. The minimum Gasteiger partial charge on any atom is -0.271 e. The highest BCUT2D eigenvalue weighted by Crippen LogP contribution is 2.29. The topological polar surface area (TPSA) is 55.9 Å². The smallest absolute Gasteiger partial charge is 0.0644 e. The van der Waals surface area contributed by atoms with Gasteiger partial charge < -0.3 is 0 Å². The van der Waals surface area contributed by atoms with Gasteiger partial charge in [0.25, 0.3) is 0 Å². The van der Waals surface area contributed by atoms with Crippen LogP contribution in [0.25, 0.3) is 0 Å². The van der Waals surface area contributed by atoms with E-state index in [2.05, 4.69) is 50.4 Å². The molecule has 1 atom stereocenters. The van der Waals surface area contributed by atoms with Crippen LogP contribution < -0.4 is 11.3 Å². The summed E-state index contributed by atoms with van der Waals surface area (Å²) in [4.78, 5) is 0. The van der Waals surface area contributed by atoms with Crippen molar-refractivity contribution >= 4 is 15.9 Å². The molecule has 1 saturated carbocycles. The third kappa shape index (κ3) is 3.54. The SMILES string of the molecule is NNC(Cc1ccn(C2CCCC2)n1)c1ccc(Br)cc1. The van der Waals surface area contributed by atoms with Gasteiger partial charge in [0.2, 0.25) is 0 Å². The van der Waals surface area contributed by atoms with Crippen molar-refractivity contribution < 1.29 is 0 Å². The Bertz CT molecular complexity index is 572. The molecular weight excluding hydrogens is 328 g/mol. The van der Waals surface area contributed by atoms with Gasteiger partial charge in [0.05, 0.1) is 17.8 Å². The number of hydrogen-bond donors (Lipinski definition) is 2. The van der Waals surface area contributed by atoms with E-state index >= 15 is 0 Å². The molecule has 5 heteroatoms. The largest absolute Gasteiger partial charge is 0.271 e. The molecule has 1 aliphatic rings. The number of nitrogens with zero attached hydrogens (tertiary/aromatic N) is 2. The summed E-state index contributed by atoms with van der Waals surface area (Å²) in [5, 5.41) is 4.73. The summed E-state index contributed by atoms with van der Waals surface area (Å²) in [5.41, 5.74) is 5.17. The molecule has 1 aliphatic carbocycles. The number of halogens is 1. The van der Waals surface area contributed by atoms with E-state index in [1.807, 2.05) is 12.1 Å². The van der Waals surface area contributed by atoms with Gasteiger partial charge in [-0.1, -0.05) is 40.9 Å². The first-order valence-electron chi connectivity index (χ1n) is 7.52. The summed E-state index contributed by atoms with van der Waals surface area (Å²) in [6.07, 6.45) is 8.08. The summed E-state index contributed by atoms with van der Waals surface area (Å²) in [6.45, 7) is 0. The lowest BCUT2D eigenvalue weighted by atomic mass is 10.0. The molecule has 0 spiro atoms. The number of nitrogens with one attached hydrogen (secondary N) is 1. The first-order valence-corrected chi connectivity index (χ1v) is 8.31. The second-order valence-corrected chi connectivity index (χ2v) is 6.62. The Kier molecular flexibility index (Phi) is 4.73. The normalized spacial score (nSPS) is 17.2. The van der Waals surface area contributed by atoms with Gasteiger partial charge in [-0.2, -0.15) is 5.10 Å². The monoisotopic (exact) mass is 348 g/mol. The van der Waals surface area contributed by atoms with Crippen LogP contribution in [0.3, 0.4) is 0 Å². The van der Waals surface area contributed by atoms with Crippen LogP contribution >= 0.6 is 15.9 Å². The maximum atomic E-state index is 5.72. The maximum Gasteiger partial charge on any atom is 0.0644 e. The number of benzene rings is 1. The van der Waals surface area contributed by atoms with Gasteiger partial charge in [-0.3, -0.25) is 16.0 Å². The lowest BCUT2D eigenvalue weighted by Crippen LogP contribution is -2.29. The molecule has 0 saturated heterocycles. The summed E-state index contributed by atoms with van der Waals surface area (Å²) < 4.78 is 3.21. The third-order valence-electron chi connectivity index (χ3n) is 4.25. The Morgan fingerprint density at radius 2 is 1.95 bits per heavy atom. The molecule has 4 nitrogen and oxygen atoms in total. The van der Waals surface area contributed by atoms with E-state index in [0.717, 1.165) is 16.6 Å². The first-order chi connectivity index (χ1) is 10.3. The van der Waals surface area contributed by atoms with Crippen molar-refractivity contribution in [3.05, 3.63) is 52.3 Å². The molecule has 1 heterocycles.